The number of nitrogens with zero attached hydrogens (tertiary/aromatic N) is 1. The van der Waals surface area contributed by atoms with Gasteiger partial charge in [0.1, 0.15) is 17.2 Å². The van der Waals surface area contributed by atoms with E-state index in [0.29, 0.717) is 12.4 Å². The Balaban J connectivity index is 2.56. The lowest BCUT2D eigenvalue weighted by molar-refractivity contribution is 0.411. The fourth-order valence-electron chi connectivity index (χ4n) is 2.05. The molecule has 0 saturated heterocycles. The lowest BCUT2D eigenvalue weighted by atomic mass is 10.0. The first-order valence-corrected chi connectivity index (χ1v) is 5.88. The van der Waals surface area contributed by atoms with Gasteiger partial charge in [-0.25, -0.2) is 4.98 Å². The van der Waals surface area contributed by atoms with E-state index in [2.05, 4.69) is 11.1 Å². The predicted octanol–water partition coefficient (Wildman–Crippen LogP) is 2.73. The Morgan fingerprint density at radius 1 is 1.22 bits per heavy atom. The second-order valence-corrected chi connectivity index (χ2v) is 4.35. The zero-order chi connectivity index (χ0) is 13.3. The van der Waals surface area contributed by atoms with E-state index < -0.39 is 0 Å². The van der Waals surface area contributed by atoms with Crippen LogP contribution in [-0.4, -0.2) is 12.1 Å². The first kappa shape index (κ1) is 12.6. The molecule has 96 valence electrons. The molecule has 4 nitrogen and oxygen atoms in total. The van der Waals surface area contributed by atoms with Crippen molar-refractivity contribution < 1.29 is 9.15 Å². The fraction of sp³-hybridized carbons (Fsp3) is 0.357. The number of nitrogens with two attached hydrogens (primary N) is 1. The largest absolute Gasteiger partial charge is 0.496 e. The highest BCUT2D eigenvalue weighted by molar-refractivity contribution is 5.67. The molecule has 0 unspecified atom stereocenters. The Bertz CT molecular complexity index is 573. The summed E-state index contributed by atoms with van der Waals surface area (Å²) in [6.45, 7) is 6.27. The number of benzene rings is 1. The molecule has 0 amide bonds. The minimum atomic E-state index is 0.315. The van der Waals surface area contributed by atoms with E-state index in [1.165, 1.54) is 0 Å². The summed E-state index contributed by atoms with van der Waals surface area (Å²) in [6.07, 6.45) is 0. The van der Waals surface area contributed by atoms with Crippen LogP contribution in [-0.2, 0) is 6.54 Å². The van der Waals surface area contributed by atoms with E-state index in [9.17, 15) is 0 Å². The van der Waals surface area contributed by atoms with Crippen LogP contribution in [0.5, 0.6) is 5.75 Å². The summed E-state index contributed by atoms with van der Waals surface area (Å²) in [7, 11) is 1.68. The van der Waals surface area contributed by atoms with Crippen LogP contribution >= 0.6 is 0 Å². The van der Waals surface area contributed by atoms with Gasteiger partial charge in [-0.3, -0.25) is 0 Å². The molecular weight excluding hydrogens is 228 g/mol. The first-order valence-electron chi connectivity index (χ1n) is 5.88. The molecule has 2 N–H and O–H groups in total. The average molecular weight is 246 g/mol. The lowest BCUT2D eigenvalue weighted by Gasteiger charge is -2.09. The molecule has 0 saturated carbocycles. The fourth-order valence-corrected chi connectivity index (χ4v) is 2.05. The summed E-state index contributed by atoms with van der Waals surface area (Å²) in [5, 5.41) is 0. The number of aromatic nitrogens is 1. The van der Waals surface area contributed by atoms with E-state index in [1.54, 1.807) is 7.11 Å². The number of ether oxygens (including phenoxy) is 1. The van der Waals surface area contributed by atoms with Gasteiger partial charge in [0.25, 0.3) is 0 Å². The molecule has 1 aromatic carbocycles. The molecule has 0 aliphatic heterocycles. The monoisotopic (exact) mass is 246 g/mol. The molecule has 0 aliphatic carbocycles. The van der Waals surface area contributed by atoms with Crippen LogP contribution in [0.25, 0.3) is 11.3 Å². The van der Waals surface area contributed by atoms with Crippen molar-refractivity contribution in [1.82, 2.24) is 4.98 Å². The molecule has 0 spiro atoms. The van der Waals surface area contributed by atoms with Crippen LogP contribution in [0.4, 0.5) is 0 Å². The summed E-state index contributed by atoms with van der Waals surface area (Å²) < 4.78 is 10.8. The summed E-state index contributed by atoms with van der Waals surface area (Å²) in [6, 6.07) is 4.08. The molecule has 1 aromatic heterocycles. The maximum Gasteiger partial charge on any atom is 0.208 e. The zero-order valence-electron chi connectivity index (χ0n) is 11.2. The molecule has 0 aliphatic rings. The van der Waals surface area contributed by atoms with E-state index in [0.717, 1.165) is 33.9 Å². The lowest BCUT2D eigenvalue weighted by Crippen LogP contribution is -1.96. The smallest absolute Gasteiger partial charge is 0.208 e. The minimum Gasteiger partial charge on any atom is -0.496 e. The summed E-state index contributed by atoms with van der Waals surface area (Å²) in [5.74, 6) is 2.25. The van der Waals surface area contributed by atoms with E-state index in [1.807, 2.05) is 26.8 Å². The maximum absolute atomic E-state index is 5.55. The van der Waals surface area contributed by atoms with Crippen molar-refractivity contribution >= 4 is 0 Å². The molecule has 4 heteroatoms. The molecule has 0 bridgehead atoms. The Hall–Kier alpha value is -1.81. The van der Waals surface area contributed by atoms with Gasteiger partial charge < -0.3 is 14.9 Å². The number of hydrogen-bond donors (Lipinski definition) is 1. The number of methoxy groups -OCH3 is 1. The standard InChI is InChI=1S/C14H18N2O2/c1-8-6-12(17-4)9(2)5-11(8)14-10(3)18-13(7-15)16-14/h5-6H,7,15H2,1-4H3. The van der Waals surface area contributed by atoms with Gasteiger partial charge in [0, 0.05) is 5.56 Å². The Morgan fingerprint density at radius 2 is 1.94 bits per heavy atom. The first-order chi connectivity index (χ1) is 8.56. The normalized spacial score (nSPS) is 10.7. The Labute approximate surface area is 107 Å². The van der Waals surface area contributed by atoms with Gasteiger partial charge in [-0.05, 0) is 44.0 Å². The molecule has 1 heterocycles. The van der Waals surface area contributed by atoms with Crippen molar-refractivity contribution in [2.24, 2.45) is 5.73 Å². The number of oxazole rings is 1. The second-order valence-electron chi connectivity index (χ2n) is 4.35. The predicted molar refractivity (Wildman–Crippen MR) is 70.6 cm³/mol. The van der Waals surface area contributed by atoms with Crippen molar-refractivity contribution in [3.05, 3.63) is 34.9 Å². The van der Waals surface area contributed by atoms with Crippen LogP contribution < -0.4 is 10.5 Å². The molecule has 0 radical (unpaired) electrons. The Kier molecular flexibility index (Phi) is 3.39. The van der Waals surface area contributed by atoms with Crippen LogP contribution in [0, 0.1) is 20.8 Å². The van der Waals surface area contributed by atoms with Crippen LogP contribution in [0.3, 0.4) is 0 Å². The number of aryl methyl sites for hydroxylation is 3. The van der Waals surface area contributed by atoms with Gasteiger partial charge in [-0.1, -0.05) is 0 Å². The molecule has 0 fully saturated rings. The SMILES string of the molecule is COc1cc(C)c(-c2nc(CN)oc2C)cc1C. The molecule has 18 heavy (non-hydrogen) atoms. The Morgan fingerprint density at radius 3 is 2.50 bits per heavy atom. The zero-order valence-corrected chi connectivity index (χ0v) is 11.2. The van der Waals surface area contributed by atoms with Crippen molar-refractivity contribution in [1.29, 1.82) is 0 Å². The van der Waals surface area contributed by atoms with E-state index in [4.69, 9.17) is 14.9 Å². The highest BCUT2D eigenvalue weighted by Gasteiger charge is 2.14. The van der Waals surface area contributed by atoms with Crippen LogP contribution in [0.15, 0.2) is 16.5 Å². The van der Waals surface area contributed by atoms with E-state index in [-0.39, 0.29) is 0 Å². The number of hydrogen-bond acceptors (Lipinski definition) is 4. The third-order valence-electron chi connectivity index (χ3n) is 3.01. The minimum absolute atomic E-state index is 0.315. The maximum atomic E-state index is 5.55. The topological polar surface area (TPSA) is 61.3 Å². The van der Waals surface area contributed by atoms with Gasteiger partial charge in [0.2, 0.25) is 5.89 Å². The van der Waals surface area contributed by atoms with Gasteiger partial charge >= 0.3 is 0 Å². The van der Waals surface area contributed by atoms with Crippen LogP contribution in [0.1, 0.15) is 22.8 Å². The van der Waals surface area contributed by atoms with Crippen molar-refractivity contribution in [2.45, 2.75) is 27.3 Å². The molecule has 2 rings (SSSR count). The third kappa shape index (κ3) is 2.11. The number of rotatable bonds is 3. The summed E-state index contributed by atoms with van der Waals surface area (Å²) in [5.41, 5.74) is 9.66. The summed E-state index contributed by atoms with van der Waals surface area (Å²) >= 11 is 0. The van der Waals surface area contributed by atoms with Crippen molar-refractivity contribution in [3.8, 4) is 17.0 Å². The highest BCUT2D eigenvalue weighted by Crippen LogP contribution is 2.31. The van der Waals surface area contributed by atoms with E-state index >= 15 is 0 Å². The average Bonchev–Trinajstić information content (AvgIpc) is 2.73. The molecule has 0 atom stereocenters. The van der Waals surface area contributed by atoms with Crippen molar-refractivity contribution in [2.75, 3.05) is 7.11 Å². The summed E-state index contributed by atoms with van der Waals surface area (Å²) in [4.78, 5) is 4.42. The molecule has 2 aromatic rings. The van der Waals surface area contributed by atoms with Gasteiger partial charge in [-0.15, -0.1) is 0 Å². The van der Waals surface area contributed by atoms with Gasteiger partial charge in [0.15, 0.2) is 0 Å². The quantitative estimate of drug-likeness (QED) is 0.904. The second kappa shape index (κ2) is 4.82. The highest BCUT2D eigenvalue weighted by atomic mass is 16.5. The molecular formula is C14H18N2O2. The van der Waals surface area contributed by atoms with Crippen molar-refractivity contribution in [3.63, 3.8) is 0 Å². The van der Waals surface area contributed by atoms with Crippen LogP contribution in [0.2, 0.25) is 0 Å². The third-order valence-corrected chi connectivity index (χ3v) is 3.01. The van der Waals surface area contributed by atoms with Gasteiger partial charge in [-0.2, -0.15) is 0 Å². The van der Waals surface area contributed by atoms with Gasteiger partial charge in [0.05, 0.1) is 13.7 Å².